The van der Waals surface area contributed by atoms with E-state index < -0.39 is 0 Å². The van der Waals surface area contributed by atoms with E-state index in [1.165, 1.54) is 18.9 Å². The van der Waals surface area contributed by atoms with Crippen molar-refractivity contribution < 1.29 is 9.53 Å². The number of esters is 1. The van der Waals surface area contributed by atoms with Crippen molar-refractivity contribution in [2.45, 2.75) is 30.8 Å². The fourth-order valence-electron chi connectivity index (χ4n) is 2.71. The summed E-state index contributed by atoms with van der Waals surface area (Å²) >= 11 is 7.54. The maximum Gasteiger partial charge on any atom is 0.337 e. The highest BCUT2D eigenvalue weighted by molar-refractivity contribution is 7.98. The molecule has 0 spiro atoms. The fraction of sp³-hybridized carbons (Fsp3) is 0.250. The first-order valence-corrected chi connectivity index (χ1v) is 9.90. The van der Waals surface area contributed by atoms with Gasteiger partial charge in [0.15, 0.2) is 5.16 Å². The molecular formula is C20H19ClN2O3S. The largest absolute Gasteiger partial charge is 0.465 e. The highest BCUT2D eigenvalue weighted by Gasteiger charge is 2.12. The van der Waals surface area contributed by atoms with Crippen molar-refractivity contribution in [3.05, 3.63) is 69.0 Å². The molecule has 0 amide bonds. The van der Waals surface area contributed by atoms with E-state index in [4.69, 9.17) is 16.3 Å². The highest BCUT2D eigenvalue weighted by Crippen LogP contribution is 2.24. The number of hydrogen-bond donors (Lipinski definition) is 0. The summed E-state index contributed by atoms with van der Waals surface area (Å²) in [7, 11) is 1.36. The van der Waals surface area contributed by atoms with Crippen molar-refractivity contribution in [2.75, 3.05) is 7.11 Å². The lowest BCUT2D eigenvalue weighted by Crippen LogP contribution is -2.23. The van der Waals surface area contributed by atoms with Crippen molar-refractivity contribution >= 4 is 40.2 Å². The van der Waals surface area contributed by atoms with E-state index in [0.29, 0.717) is 38.9 Å². The van der Waals surface area contributed by atoms with E-state index in [0.717, 1.165) is 12.0 Å². The molecule has 0 unspecified atom stereocenters. The van der Waals surface area contributed by atoms with E-state index >= 15 is 0 Å². The molecule has 0 fully saturated rings. The predicted octanol–water partition coefficient (Wildman–Crippen LogP) is 4.54. The Morgan fingerprint density at radius 1 is 1.22 bits per heavy atom. The number of carbonyl (C=O) groups excluding carboxylic acids is 1. The summed E-state index contributed by atoms with van der Waals surface area (Å²) in [6.07, 6.45) is 0.835. The SMILES string of the molecule is CCCn1c(SCc2ccc(C(=O)OC)cc2)nc2cc(Cl)ccc2c1=O. The van der Waals surface area contributed by atoms with Crippen LogP contribution in [-0.4, -0.2) is 22.6 Å². The van der Waals surface area contributed by atoms with Crippen LogP contribution in [0.2, 0.25) is 5.02 Å². The second-order valence-corrected chi connectivity index (χ2v) is 7.37. The van der Waals surface area contributed by atoms with Crippen LogP contribution in [0.5, 0.6) is 0 Å². The number of carbonyl (C=O) groups is 1. The van der Waals surface area contributed by atoms with Crippen LogP contribution in [0.15, 0.2) is 52.4 Å². The summed E-state index contributed by atoms with van der Waals surface area (Å²) < 4.78 is 6.42. The monoisotopic (exact) mass is 402 g/mol. The van der Waals surface area contributed by atoms with Crippen molar-refractivity contribution in [3.8, 4) is 0 Å². The van der Waals surface area contributed by atoms with Gasteiger partial charge in [0.05, 0.1) is 23.6 Å². The molecule has 140 valence electrons. The fourth-order valence-corrected chi connectivity index (χ4v) is 3.86. The summed E-state index contributed by atoms with van der Waals surface area (Å²) in [5.74, 6) is 0.267. The van der Waals surface area contributed by atoms with Crippen molar-refractivity contribution in [1.82, 2.24) is 9.55 Å². The van der Waals surface area contributed by atoms with Crippen LogP contribution in [0.1, 0.15) is 29.3 Å². The second-order valence-electron chi connectivity index (χ2n) is 5.99. The molecule has 0 atom stereocenters. The van der Waals surface area contributed by atoms with Crippen molar-refractivity contribution in [2.24, 2.45) is 0 Å². The smallest absolute Gasteiger partial charge is 0.337 e. The molecule has 3 aromatic rings. The van der Waals surface area contributed by atoms with Gasteiger partial charge in [-0.15, -0.1) is 0 Å². The highest BCUT2D eigenvalue weighted by atomic mass is 35.5. The van der Waals surface area contributed by atoms with Crippen molar-refractivity contribution in [1.29, 1.82) is 0 Å². The van der Waals surface area contributed by atoms with Crippen LogP contribution in [-0.2, 0) is 17.0 Å². The minimum Gasteiger partial charge on any atom is -0.465 e. The van der Waals surface area contributed by atoms with Crippen LogP contribution in [0, 0.1) is 0 Å². The summed E-state index contributed by atoms with van der Waals surface area (Å²) in [4.78, 5) is 29.0. The van der Waals surface area contributed by atoms with Crippen LogP contribution < -0.4 is 5.56 Å². The number of aromatic nitrogens is 2. The average Bonchev–Trinajstić information content (AvgIpc) is 2.68. The molecule has 0 radical (unpaired) electrons. The summed E-state index contributed by atoms with van der Waals surface area (Å²) in [5, 5.41) is 1.78. The number of rotatable bonds is 6. The lowest BCUT2D eigenvalue weighted by atomic mass is 10.1. The van der Waals surface area contributed by atoms with Gasteiger partial charge in [-0.2, -0.15) is 0 Å². The van der Waals surface area contributed by atoms with Gasteiger partial charge in [0, 0.05) is 17.3 Å². The van der Waals surface area contributed by atoms with Gasteiger partial charge < -0.3 is 4.74 Å². The Balaban J connectivity index is 1.90. The zero-order valence-electron chi connectivity index (χ0n) is 15.1. The van der Waals surface area contributed by atoms with Gasteiger partial charge in [0.1, 0.15) is 0 Å². The van der Waals surface area contributed by atoms with Crippen molar-refractivity contribution in [3.63, 3.8) is 0 Å². The number of methoxy groups -OCH3 is 1. The Morgan fingerprint density at radius 3 is 2.63 bits per heavy atom. The predicted molar refractivity (Wildman–Crippen MR) is 109 cm³/mol. The van der Waals surface area contributed by atoms with E-state index in [9.17, 15) is 9.59 Å². The number of halogens is 1. The second kappa shape index (κ2) is 8.59. The summed E-state index contributed by atoms with van der Waals surface area (Å²) in [5.41, 5.74) is 2.08. The number of fused-ring (bicyclic) bond motifs is 1. The molecule has 0 N–H and O–H groups in total. The Kier molecular flexibility index (Phi) is 6.19. The topological polar surface area (TPSA) is 61.2 Å². The Bertz CT molecular complexity index is 1030. The molecular weight excluding hydrogens is 384 g/mol. The third-order valence-electron chi connectivity index (χ3n) is 4.07. The molecule has 2 aromatic carbocycles. The number of benzene rings is 2. The first kappa shape index (κ1) is 19.5. The van der Waals surface area contributed by atoms with Gasteiger partial charge in [0.2, 0.25) is 0 Å². The van der Waals surface area contributed by atoms with E-state index in [1.54, 1.807) is 34.9 Å². The van der Waals surface area contributed by atoms with Gasteiger partial charge in [0.25, 0.3) is 5.56 Å². The first-order valence-electron chi connectivity index (χ1n) is 8.53. The molecule has 0 aliphatic heterocycles. The molecule has 7 heteroatoms. The van der Waals surface area contributed by atoms with Crippen LogP contribution in [0.3, 0.4) is 0 Å². The number of hydrogen-bond acceptors (Lipinski definition) is 5. The molecule has 0 aliphatic rings. The Labute approximate surface area is 166 Å². The number of ether oxygens (including phenoxy) is 1. The maximum absolute atomic E-state index is 12.8. The minimum atomic E-state index is -0.362. The van der Waals surface area contributed by atoms with Gasteiger partial charge in [-0.1, -0.05) is 42.4 Å². The third-order valence-corrected chi connectivity index (χ3v) is 5.36. The van der Waals surface area contributed by atoms with Crippen LogP contribution in [0.25, 0.3) is 10.9 Å². The zero-order valence-corrected chi connectivity index (χ0v) is 16.6. The lowest BCUT2D eigenvalue weighted by Gasteiger charge is -2.12. The lowest BCUT2D eigenvalue weighted by molar-refractivity contribution is 0.0600. The normalized spacial score (nSPS) is 10.9. The zero-order chi connectivity index (χ0) is 19.4. The van der Waals surface area contributed by atoms with Gasteiger partial charge in [-0.05, 0) is 42.3 Å². The number of thioether (sulfide) groups is 1. The Hall–Kier alpha value is -2.31. The quantitative estimate of drug-likeness (QED) is 0.344. The van der Waals surface area contributed by atoms with E-state index in [-0.39, 0.29) is 11.5 Å². The van der Waals surface area contributed by atoms with E-state index in [1.807, 2.05) is 19.1 Å². The molecule has 1 heterocycles. The molecule has 27 heavy (non-hydrogen) atoms. The first-order chi connectivity index (χ1) is 13.0. The van der Waals surface area contributed by atoms with Crippen LogP contribution >= 0.6 is 23.4 Å². The maximum atomic E-state index is 12.8. The molecule has 0 aliphatic carbocycles. The van der Waals surface area contributed by atoms with Gasteiger partial charge >= 0.3 is 5.97 Å². The van der Waals surface area contributed by atoms with Gasteiger partial charge in [-0.3, -0.25) is 9.36 Å². The van der Waals surface area contributed by atoms with E-state index in [2.05, 4.69) is 4.98 Å². The molecule has 5 nitrogen and oxygen atoms in total. The van der Waals surface area contributed by atoms with Crippen LogP contribution in [0.4, 0.5) is 0 Å². The molecule has 0 bridgehead atoms. The number of nitrogens with zero attached hydrogens (tertiary/aromatic N) is 2. The molecule has 0 saturated carbocycles. The molecule has 3 rings (SSSR count). The minimum absolute atomic E-state index is 0.0537. The summed E-state index contributed by atoms with van der Waals surface area (Å²) in [6.45, 7) is 2.63. The Morgan fingerprint density at radius 2 is 1.96 bits per heavy atom. The standard InChI is InChI=1S/C20H19ClN2O3S/c1-3-10-23-18(24)16-9-8-15(21)11-17(16)22-20(23)27-12-13-4-6-14(7-5-13)19(25)26-2/h4-9,11H,3,10,12H2,1-2H3. The molecule has 1 aromatic heterocycles. The third kappa shape index (κ3) is 4.34. The summed E-state index contributed by atoms with van der Waals surface area (Å²) in [6, 6.07) is 12.4. The average molecular weight is 403 g/mol. The molecule has 0 saturated heterocycles. The van der Waals surface area contributed by atoms with Gasteiger partial charge in [-0.25, -0.2) is 9.78 Å².